The number of rotatable bonds is 3. The molecule has 1 saturated heterocycles. The molecule has 0 atom stereocenters. The van der Waals surface area contributed by atoms with Gasteiger partial charge in [-0.1, -0.05) is 29.4 Å². The summed E-state index contributed by atoms with van der Waals surface area (Å²) in [6, 6.07) is 10.2. The summed E-state index contributed by atoms with van der Waals surface area (Å²) < 4.78 is 5.27. The fourth-order valence-corrected chi connectivity index (χ4v) is 2.22. The monoisotopic (exact) mass is 254 g/mol. The van der Waals surface area contributed by atoms with E-state index in [1.54, 1.807) is 0 Å². The van der Waals surface area contributed by atoms with Gasteiger partial charge in [0, 0.05) is 25.1 Å². The zero-order valence-electron chi connectivity index (χ0n) is 10.7. The van der Waals surface area contributed by atoms with E-state index in [9.17, 15) is 5.26 Å². The predicted octanol–water partition coefficient (Wildman–Crippen LogP) is 1.70. The van der Waals surface area contributed by atoms with Gasteiger partial charge < -0.3 is 9.84 Å². The summed E-state index contributed by atoms with van der Waals surface area (Å²) in [6.07, 6.45) is 0.509. The van der Waals surface area contributed by atoms with Crippen molar-refractivity contribution in [2.45, 2.75) is 13.3 Å². The number of nitriles is 1. The molecule has 2 aromatic rings. The topological polar surface area (TPSA) is 74.7 Å². The lowest BCUT2D eigenvalue weighted by atomic mass is 9.80. The first kappa shape index (κ1) is 11.9. The molecule has 1 aliphatic rings. The Bertz CT molecular complexity index is 637. The first-order valence-electron chi connectivity index (χ1n) is 6.23. The zero-order valence-corrected chi connectivity index (χ0v) is 10.7. The van der Waals surface area contributed by atoms with Crippen molar-refractivity contribution in [3.63, 3.8) is 0 Å². The van der Waals surface area contributed by atoms with Crippen LogP contribution < -0.4 is 5.32 Å². The maximum absolute atomic E-state index is 9.19. The van der Waals surface area contributed by atoms with Crippen LogP contribution in [0.15, 0.2) is 28.8 Å². The molecule has 19 heavy (non-hydrogen) atoms. The minimum atomic E-state index is -0.379. The van der Waals surface area contributed by atoms with Crippen LogP contribution in [0.4, 0.5) is 0 Å². The van der Waals surface area contributed by atoms with Crippen LogP contribution in [0.5, 0.6) is 0 Å². The van der Waals surface area contributed by atoms with E-state index in [2.05, 4.69) is 21.5 Å². The lowest BCUT2D eigenvalue weighted by molar-refractivity contribution is 0.221. The molecule has 1 N–H and O–H groups in total. The van der Waals surface area contributed by atoms with Crippen LogP contribution >= 0.6 is 0 Å². The third kappa shape index (κ3) is 2.11. The van der Waals surface area contributed by atoms with Crippen molar-refractivity contribution in [1.29, 1.82) is 5.26 Å². The molecular weight excluding hydrogens is 240 g/mol. The molecule has 0 saturated carbocycles. The molecule has 96 valence electrons. The average molecular weight is 254 g/mol. The third-order valence-corrected chi connectivity index (χ3v) is 3.51. The molecule has 5 nitrogen and oxygen atoms in total. The molecule has 0 aliphatic carbocycles. The van der Waals surface area contributed by atoms with Gasteiger partial charge in [-0.05, 0) is 12.5 Å². The zero-order chi connectivity index (χ0) is 13.3. The second kappa shape index (κ2) is 4.48. The summed E-state index contributed by atoms with van der Waals surface area (Å²) >= 11 is 0. The van der Waals surface area contributed by atoms with Crippen LogP contribution in [-0.4, -0.2) is 23.2 Å². The number of aryl methyl sites for hydroxylation is 1. The highest BCUT2D eigenvalue weighted by atomic mass is 16.5. The molecule has 1 aliphatic heterocycles. The summed E-state index contributed by atoms with van der Waals surface area (Å²) in [5, 5.41) is 16.3. The first-order valence-corrected chi connectivity index (χ1v) is 6.23. The summed E-state index contributed by atoms with van der Waals surface area (Å²) in [5.74, 6) is 1.12. The Morgan fingerprint density at radius 3 is 2.84 bits per heavy atom. The van der Waals surface area contributed by atoms with Crippen molar-refractivity contribution < 1.29 is 4.52 Å². The number of hydrogen-bond acceptors (Lipinski definition) is 5. The minimum Gasteiger partial charge on any atom is -0.339 e. The van der Waals surface area contributed by atoms with E-state index in [1.807, 2.05) is 31.2 Å². The number of hydrogen-bond donors (Lipinski definition) is 1. The van der Waals surface area contributed by atoms with Crippen LogP contribution in [0.1, 0.15) is 11.5 Å². The second-order valence-corrected chi connectivity index (χ2v) is 5.00. The average Bonchev–Trinajstić information content (AvgIpc) is 2.83. The van der Waals surface area contributed by atoms with Crippen molar-refractivity contribution in [2.75, 3.05) is 13.1 Å². The van der Waals surface area contributed by atoms with E-state index in [0.29, 0.717) is 31.2 Å². The SMILES string of the molecule is Cc1ccccc1-c1noc(CC2(C#N)CNC2)n1. The first-order chi connectivity index (χ1) is 9.22. The van der Waals surface area contributed by atoms with Gasteiger partial charge in [-0.2, -0.15) is 10.2 Å². The molecule has 0 radical (unpaired) electrons. The Labute approximate surface area is 111 Å². The smallest absolute Gasteiger partial charge is 0.228 e. The summed E-state index contributed by atoms with van der Waals surface area (Å²) in [7, 11) is 0. The fourth-order valence-electron chi connectivity index (χ4n) is 2.22. The largest absolute Gasteiger partial charge is 0.339 e. The Kier molecular flexibility index (Phi) is 2.80. The maximum Gasteiger partial charge on any atom is 0.228 e. The van der Waals surface area contributed by atoms with Crippen LogP contribution in [0.25, 0.3) is 11.4 Å². The quantitative estimate of drug-likeness (QED) is 0.902. The van der Waals surface area contributed by atoms with E-state index in [4.69, 9.17) is 4.52 Å². The van der Waals surface area contributed by atoms with E-state index < -0.39 is 0 Å². The highest BCUT2D eigenvalue weighted by Crippen LogP contribution is 2.27. The van der Waals surface area contributed by atoms with Crippen molar-refractivity contribution in [3.8, 4) is 17.5 Å². The molecule has 0 unspecified atom stereocenters. The minimum absolute atomic E-state index is 0.379. The van der Waals surface area contributed by atoms with Gasteiger partial charge in [0.2, 0.25) is 11.7 Å². The predicted molar refractivity (Wildman–Crippen MR) is 69.1 cm³/mol. The van der Waals surface area contributed by atoms with Crippen LogP contribution in [-0.2, 0) is 6.42 Å². The van der Waals surface area contributed by atoms with Crippen molar-refractivity contribution in [3.05, 3.63) is 35.7 Å². The molecule has 0 amide bonds. The summed E-state index contributed by atoms with van der Waals surface area (Å²) in [5.41, 5.74) is 1.70. The molecule has 0 spiro atoms. The molecule has 3 rings (SSSR count). The Morgan fingerprint density at radius 2 is 2.21 bits per heavy atom. The van der Waals surface area contributed by atoms with Gasteiger partial charge >= 0.3 is 0 Å². The van der Waals surface area contributed by atoms with E-state index in [-0.39, 0.29) is 5.41 Å². The molecular formula is C14H14N4O. The van der Waals surface area contributed by atoms with Gasteiger partial charge in [0.15, 0.2) is 0 Å². The summed E-state index contributed by atoms with van der Waals surface area (Å²) in [6.45, 7) is 3.38. The Hall–Kier alpha value is -2.19. The van der Waals surface area contributed by atoms with Crippen molar-refractivity contribution in [2.24, 2.45) is 5.41 Å². The standard InChI is InChI=1S/C14H14N4O/c1-10-4-2-3-5-11(10)13-17-12(19-18-13)6-14(7-15)8-16-9-14/h2-5,16H,6,8-9H2,1H3. The molecule has 1 aromatic heterocycles. The van der Waals surface area contributed by atoms with Gasteiger partial charge in [0.1, 0.15) is 0 Å². The van der Waals surface area contributed by atoms with Crippen molar-refractivity contribution in [1.82, 2.24) is 15.5 Å². The summed E-state index contributed by atoms with van der Waals surface area (Å²) in [4.78, 5) is 4.40. The molecule has 0 bridgehead atoms. The third-order valence-electron chi connectivity index (χ3n) is 3.51. The molecule has 5 heteroatoms. The van der Waals surface area contributed by atoms with Gasteiger partial charge in [0.25, 0.3) is 0 Å². The highest BCUT2D eigenvalue weighted by molar-refractivity contribution is 5.58. The van der Waals surface area contributed by atoms with E-state index in [1.165, 1.54) is 0 Å². The van der Waals surface area contributed by atoms with E-state index >= 15 is 0 Å². The Balaban J connectivity index is 1.85. The molecule has 1 aromatic carbocycles. The maximum atomic E-state index is 9.19. The fraction of sp³-hybridized carbons (Fsp3) is 0.357. The van der Waals surface area contributed by atoms with Gasteiger partial charge in [-0.25, -0.2) is 0 Å². The van der Waals surface area contributed by atoms with Crippen LogP contribution in [0.2, 0.25) is 0 Å². The highest BCUT2D eigenvalue weighted by Gasteiger charge is 2.39. The number of nitrogens with zero attached hydrogens (tertiary/aromatic N) is 3. The molecule has 2 heterocycles. The van der Waals surface area contributed by atoms with Crippen LogP contribution in [0.3, 0.4) is 0 Å². The van der Waals surface area contributed by atoms with Gasteiger partial charge in [-0.15, -0.1) is 0 Å². The second-order valence-electron chi connectivity index (χ2n) is 5.00. The van der Waals surface area contributed by atoms with Gasteiger partial charge in [-0.3, -0.25) is 0 Å². The van der Waals surface area contributed by atoms with E-state index in [0.717, 1.165) is 11.1 Å². The van der Waals surface area contributed by atoms with Crippen molar-refractivity contribution >= 4 is 0 Å². The Morgan fingerprint density at radius 1 is 1.42 bits per heavy atom. The lowest BCUT2D eigenvalue weighted by Crippen LogP contribution is -2.53. The molecule has 1 fully saturated rings. The van der Waals surface area contributed by atoms with Gasteiger partial charge in [0.05, 0.1) is 11.5 Å². The van der Waals surface area contributed by atoms with Crippen LogP contribution in [0, 0.1) is 23.7 Å². The number of aromatic nitrogens is 2. The lowest BCUT2D eigenvalue weighted by Gasteiger charge is -2.34. The number of benzene rings is 1. The normalized spacial score (nSPS) is 16.6. The number of nitrogens with one attached hydrogen (secondary N) is 1.